The largest absolute Gasteiger partial charge is 0.349 e. The first-order chi connectivity index (χ1) is 8.73. The molecule has 106 valence electrons. The van der Waals surface area contributed by atoms with Gasteiger partial charge in [-0.1, -0.05) is 30.1 Å². The molecule has 1 aromatic rings. The quantitative estimate of drug-likeness (QED) is 0.839. The molecular weight excluding hydrogens is 290 g/mol. The van der Waals surface area contributed by atoms with Gasteiger partial charge in [-0.2, -0.15) is 0 Å². The number of halogens is 3. The Morgan fingerprint density at radius 1 is 1.26 bits per heavy atom. The molecule has 0 fully saturated rings. The summed E-state index contributed by atoms with van der Waals surface area (Å²) in [5.74, 6) is -1.10. The van der Waals surface area contributed by atoms with Gasteiger partial charge in [-0.05, 0) is 31.5 Å². The molecule has 6 heteroatoms. The molecule has 0 heterocycles. The maximum absolute atomic E-state index is 13.4. The van der Waals surface area contributed by atoms with E-state index in [0.717, 1.165) is 0 Å². The molecule has 0 saturated carbocycles. The highest BCUT2D eigenvalue weighted by atomic mass is 35.5. The van der Waals surface area contributed by atoms with Crippen molar-refractivity contribution in [3.05, 3.63) is 33.6 Å². The van der Waals surface area contributed by atoms with Gasteiger partial charge >= 0.3 is 0 Å². The average Bonchev–Trinajstić information content (AvgIpc) is 2.32. The standard InChI is InChI=1S/C13H17Cl2FN2O/c1-6(7(2)17)13(19)18-8(3)9-4-12(16)11(15)5-10(9)14/h4-8H,17H2,1-3H3,(H,18,19). The van der Waals surface area contributed by atoms with Crippen LogP contribution in [-0.2, 0) is 4.79 Å². The van der Waals surface area contributed by atoms with E-state index in [0.29, 0.717) is 10.6 Å². The summed E-state index contributed by atoms with van der Waals surface area (Å²) in [5, 5.41) is 3.02. The molecule has 3 N–H and O–H groups in total. The summed E-state index contributed by atoms with van der Waals surface area (Å²) < 4.78 is 13.4. The van der Waals surface area contributed by atoms with Crippen molar-refractivity contribution in [1.29, 1.82) is 0 Å². The van der Waals surface area contributed by atoms with Crippen molar-refractivity contribution in [2.24, 2.45) is 11.7 Å². The van der Waals surface area contributed by atoms with Gasteiger partial charge in [0.15, 0.2) is 0 Å². The highest BCUT2D eigenvalue weighted by molar-refractivity contribution is 6.35. The van der Waals surface area contributed by atoms with E-state index in [2.05, 4.69) is 5.32 Å². The zero-order valence-corrected chi connectivity index (χ0v) is 12.5. The summed E-state index contributed by atoms with van der Waals surface area (Å²) in [5.41, 5.74) is 6.14. The Bertz CT molecular complexity index is 480. The first-order valence-corrected chi connectivity index (χ1v) is 6.70. The Labute approximate surface area is 122 Å². The average molecular weight is 307 g/mol. The third kappa shape index (κ3) is 4.06. The second-order valence-electron chi connectivity index (χ2n) is 4.67. The summed E-state index contributed by atoms with van der Waals surface area (Å²) in [7, 11) is 0. The van der Waals surface area contributed by atoms with E-state index < -0.39 is 11.9 Å². The van der Waals surface area contributed by atoms with E-state index in [1.165, 1.54) is 12.1 Å². The van der Waals surface area contributed by atoms with Gasteiger partial charge in [-0.3, -0.25) is 4.79 Å². The van der Waals surface area contributed by atoms with Crippen molar-refractivity contribution in [1.82, 2.24) is 5.32 Å². The van der Waals surface area contributed by atoms with E-state index >= 15 is 0 Å². The molecule has 19 heavy (non-hydrogen) atoms. The molecule has 0 aliphatic heterocycles. The summed E-state index contributed by atoms with van der Waals surface area (Å²) in [6.07, 6.45) is 0. The van der Waals surface area contributed by atoms with Gasteiger partial charge in [0, 0.05) is 17.0 Å². The Morgan fingerprint density at radius 3 is 2.37 bits per heavy atom. The van der Waals surface area contributed by atoms with Crippen LogP contribution in [0.15, 0.2) is 12.1 Å². The molecule has 1 aromatic carbocycles. The summed E-state index contributed by atoms with van der Waals surface area (Å²) in [6.45, 7) is 5.21. The van der Waals surface area contributed by atoms with Crippen molar-refractivity contribution in [3.8, 4) is 0 Å². The van der Waals surface area contributed by atoms with Crippen LogP contribution in [0.2, 0.25) is 10.0 Å². The fraction of sp³-hybridized carbons (Fsp3) is 0.462. The lowest BCUT2D eigenvalue weighted by Crippen LogP contribution is -2.39. The fourth-order valence-electron chi connectivity index (χ4n) is 1.53. The van der Waals surface area contributed by atoms with E-state index in [-0.39, 0.29) is 22.9 Å². The van der Waals surface area contributed by atoms with Gasteiger partial charge in [0.2, 0.25) is 5.91 Å². The predicted octanol–water partition coefficient (Wildman–Crippen LogP) is 3.29. The Morgan fingerprint density at radius 2 is 1.84 bits per heavy atom. The Kier molecular flexibility index (Phi) is 5.59. The van der Waals surface area contributed by atoms with Crippen LogP contribution >= 0.6 is 23.2 Å². The first-order valence-electron chi connectivity index (χ1n) is 5.94. The molecule has 3 atom stereocenters. The second-order valence-corrected chi connectivity index (χ2v) is 5.48. The van der Waals surface area contributed by atoms with Crippen molar-refractivity contribution < 1.29 is 9.18 Å². The number of nitrogens with two attached hydrogens (primary N) is 1. The van der Waals surface area contributed by atoms with Gasteiger partial charge in [-0.15, -0.1) is 0 Å². The molecule has 1 rings (SSSR count). The van der Waals surface area contributed by atoms with Gasteiger partial charge in [0.1, 0.15) is 5.82 Å². The van der Waals surface area contributed by atoms with Gasteiger partial charge in [-0.25, -0.2) is 4.39 Å². The zero-order chi connectivity index (χ0) is 14.7. The molecule has 3 unspecified atom stereocenters. The molecule has 0 radical (unpaired) electrons. The summed E-state index contributed by atoms with van der Waals surface area (Å²) in [4.78, 5) is 11.9. The fourth-order valence-corrected chi connectivity index (χ4v) is 2.08. The molecule has 0 bridgehead atoms. The second kappa shape index (κ2) is 6.55. The van der Waals surface area contributed by atoms with Crippen LogP contribution < -0.4 is 11.1 Å². The van der Waals surface area contributed by atoms with Crippen molar-refractivity contribution in [3.63, 3.8) is 0 Å². The van der Waals surface area contributed by atoms with Crippen molar-refractivity contribution in [2.75, 3.05) is 0 Å². The van der Waals surface area contributed by atoms with E-state index in [1.807, 2.05) is 0 Å². The molecule has 0 spiro atoms. The van der Waals surface area contributed by atoms with Gasteiger partial charge < -0.3 is 11.1 Å². The zero-order valence-electron chi connectivity index (χ0n) is 11.0. The number of nitrogens with one attached hydrogen (secondary N) is 1. The van der Waals surface area contributed by atoms with Gasteiger partial charge in [0.05, 0.1) is 11.1 Å². The van der Waals surface area contributed by atoms with Crippen LogP contribution in [0.1, 0.15) is 32.4 Å². The minimum atomic E-state index is -0.567. The lowest BCUT2D eigenvalue weighted by molar-refractivity contribution is -0.125. The molecule has 1 amide bonds. The number of rotatable bonds is 4. The van der Waals surface area contributed by atoms with Gasteiger partial charge in [0.25, 0.3) is 0 Å². The minimum Gasteiger partial charge on any atom is -0.349 e. The third-order valence-electron chi connectivity index (χ3n) is 3.07. The minimum absolute atomic E-state index is 0.0452. The predicted molar refractivity (Wildman–Crippen MR) is 75.8 cm³/mol. The maximum atomic E-state index is 13.4. The number of hydrogen-bond donors (Lipinski definition) is 2. The van der Waals surface area contributed by atoms with Crippen LogP contribution in [0.4, 0.5) is 4.39 Å². The molecule has 0 aromatic heterocycles. The highest BCUT2D eigenvalue weighted by Gasteiger charge is 2.21. The van der Waals surface area contributed by atoms with Crippen molar-refractivity contribution >= 4 is 29.1 Å². The number of benzene rings is 1. The molecule has 0 aliphatic carbocycles. The van der Waals surface area contributed by atoms with Crippen LogP contribution in [0.3, 0.4) is 0 Å². The van der Waals surface area contributed by atoms with E-state index in [1.54, 1.807) is 20.8 Å². The van der Waals surface area contributed by atoms with Crippen molar-refractivity contribution in [2.45, 2.75) is 32.9 Å². The van der Waals surface area contributed by atoms with E-state index in [4.69, 9.17) is 28.9 Å². The van der Waals surface area contributed by atoms with Crippen LogP contribution in [0, 0.1) is 11.7 Å². The molecule has 3 nitrogen and oxygen atoms in total. The lowest BCUT2D eigenvalue weighted by atomic mass is 10.0. The summed E-state index contributed by atoms with van der Waals surface area (Å²) in [6, 6.07) is 1.87. The molecular formula is C13H17Cl2FN2O. The smallest absolute Gasteiger partial charge is 0.224 e. The maximum Gasteiger partial charge on any atom is 0.224 e. The number of carbonyl (C=O) groups is 1. The Hall–Kier alpha value is -0.840. The summed E-state index contributed by atoms with van der Waals surface area (Å²) >= 11 is 11.6. The lowest BCUT2D eigenvalue weighted by Gasteiger charge is -2.21. The SMILES string of the molecule is CC(NC(=O)C(C)C(C)N)c1cc(F)c(Cl)cc1Cl. The highest BCUT2D eigenvalue weighted by Crippen LogP contribution is 2.28. The molecule has 0 aliphatic rings. The normalized spacial score (nSPS) is 15.7. The monoisotopic (exact) mass is 306 g/mol. The topological polar surface area (TPSA) is 55.1 Å². The molecule has 0 saturated heterocycles. The third-order valence-corrected chi connectivity index (χ3v) is 3.68. The van der Waals surface area contributed by atoms with E-state index in [9.17, 15) is 9.18 Å². The number of carbonyl (C=O) groups excluding carboxylic acids is 1. The number of amides is 1. The van der Waals surface area contributed by atoms with Crippen LogP contribution in [-0.4, -0.2) is 11.9 Å². The van der Waals surface area contributed by atoms with Crippen LogP contribution in [0.25, 0.3) is 0 Å². The number of hydrogen-bond acceptors (Lipinski definition) is 2. The van der Waals surface area contributed by atoms with Crippen LogP contribution in [0.5, 0.6) is 0 Å². The Balaban J connectivity index is 2.87. The first kappa shape index (κ1) is 16.2.